The molecule has 0 aliphatic rings. The zero-order chi connectivity index (χ0) is 41.5. The molecule has 0 aliphatic heterocycles. The van der Waals surface area contributed by atoms with Gasteiger partial charge in [0, 0.05) is 51.9 Å². The zero-order valence-electron chi connectivity index (χ0n) is 35.5. The maximum absolute atomic E-state index is 13.7. The molecule has 2 unspecified atom stereocenters. The monoisotopic (exact) mass is 796 g/mol. The van der Waals surface area contributed by atoms with Crippen LogP contribution in [0.4, 0.5) is 0 Å². The van der Waals surface area contributed by atoms with E-state index in [1.807, 2.05) is 72.8 Å². The third kappa shape index (κ3) is 14.7. The van der Waals surface area contributed by atoms with Crippen LogP contribution in [0.3, 0.4) is 0 Å². The second kappa shape index (κ2) is 25.3. The third-order valence-corrected chi connectivity index (χ3v) is 9.77. The number of esters is 2. The van der Waals surface area contributed by atoms with Gasteiger partial charge in [0.2, 0.25) is 0 Å². The molecule has 0 heterocycles. The normalized spacial score (nSPS) is 12.2. The first-order valence-electron chi connectivity index (χ1n) is 20.9. The summed E-state index contributed by atoms with van der Waals surface area (Å²) in [5, 5.41) is 0. The van der Waals surface area contributed by atoms with Crippen LogP contribution < -0.4 is 18.9 Å². The molecule has 0 aromatic heterocycles. The van der Waals surface area contributed by atoms with E-state index in [-0.39, 0.29) is 0 Å². The Balaban J connectivity index is 1.48. The first-order chi connectivity index (χ1) is 28.3. The molecule has 58 heavy (non-hydrogen) atoms. The summed E-state index contributed by atoms with van der Waals surface area (Å²) in [5.41, 5.74) is 4.15. The maximum Gasteiger partial charge on any atom is 0.419 e. The Morgan fingerprint density at radius 1 is 0.483 bits per heavy atom. The number of nitrogens with zero attached hydrogens (tertiary/aromatic N) is 2. The molecule has 4 aromatic rings. The molecular formula is C48H64N2O8. The van der Waals surface area contributed by atoms with Crippen molar-refractivity contribution in [1.29, 1.82) is 0 Å². The van der Waals surface area contributed by atoms with E-state index >= 15 is 0 Å². The van der Waals surface area contributed by atoms with Gasteiger partial charge >= 0.3 is 11.9 Å². The summed E-state index contributed by atoms with van der Waals surface area (Å²) in [4.78, 5) is 31.7. The summed E-state index contributed by atoms with van der Waals surface area (Å²) in [6.45, 7) is 12.1. The van der Waals surface area contributed by atoms with Crippen molar-refractivity contribution in [3.8, 4) is 23.0 Å². The lowest BCUT2D eigenvalue weighted by Crippen LogP contribution is -2.45. The molecule has 4 rings (SSSR count). The predicted octanol–water partition coefficient (Wildman–Crippen LogP) is 8.71. The molecule has 0 aliphatic carbocycles. The molecule has 0 spiro atoms. The van der Waals surface area contributed by atoms with Gasteiger partial charge in [-0.25, -0.2) is 9.59 Å². The molecule has 0 bridgehead atoms. The lowest BCUT2D eigenvalue weighted by molar-refractivity contribution is -0.185. The Hall–Kier alpha value is -5.06. The number of hydrogen-bond donors (Lipinski definition) is 0. The highest BCUT2D eigenvalue weighted by Crippen LogP contribution is 2.31. The van der Waals surface area contributed by atoms with Crippen LogP contribution >= 0.6 is 0 Å². The summed E-state index contributed by atoms with van der Waals surface area (Å²) in [5.74, 6) is 0.406. The molecule has 0 N–H and O–H groups in total. The van der Waals surface area contributed by atoms with Gasteiger partial charge in [-0.15, -0.1) is 0 Å². The lowest BCUT2D eigenvalue weighted by atomic mass is 10.1. The fraction of sp³-hybridized carbons (Fsp3) is 0.458. The Bertz CT molecular complexity index is 1640. The van der Waals surface area contributed by atoms with Crippen LogP contribution in [0.15, 0.2) is 97.1 Å². The van der Waals surface area contributed by atoms with Crippen molar-refractivity contribution < 1.29 is 38.0 Å². The number of carbonyl (C=O) groups is 2. The Kier molecular flexibility index (Phi) is 19.9. The number of benzene rings is 4. The zero-order valence-corrected chi connectivity index (χ0v) is 35.5. The van der Waals surface area contributed by atoms with Crippen molar-refractivity contribution in [2.45, 2.75) is 91.5 Å². The fourth-order valence-corrected chi connectivity index (χ4v) is 6.95. The number of carbonyl (C=O) groups excluding carboxylic acids is 2. The molecule has 0 saturated heterocycles. The van der Waals surface area contributed by atoms with E-state index in [4.69, 9.17) is 28.4 Å². The van der Waals surface area contributed by atoms with Crippen LogP contribution in [-0.2, 0) is 44.7 Å². The molecule has 314 valence electrons. The van der Waals surface area contributed by atoms with E-state index in [2.05, 4.69) is 61.8 Å². The van der Waals surface area contributed by atoms with Gasteiger partial charge in [-0.05, 0) is 72.2 Å². The molecule has 0 amide bonds. The molecule has 0 fully saturated rings. The second-order valence-corrected chi connectivity index (χ2v) is 14.3. The van der Waals surface area contributed by atoms with E-state index in [1.54, 1.807) is 14.2 Å². The largest absolute Gasteiger partial charge is 0.493 e. The predicted molar refractivity (Wildman–Crippen MR) is 229 cm³/mol. The molecule has 0 radical (unpaired) electrons. The van der Waals surface area contributed by atoms with Crippen molar-refractivity contribution in [2.24, 2.45) is 0 Å². The van der Waals surface area contributed by atoms with Gasteiger partial charge in [0.05, 0.1) is 27.4 Å². The number of methoxy groups -OCH3 is 2. The first kappa shape index (κ1) is 45.6. The van der Waals surface area contributed by atoms with Crippen molar-refractivity contribution in [3.05, 3.63) is 119 Å². The van der Waals surface area contributed by atoms with Crippen molar-refractivity contribution in [2.75, 3.05) is 53.6 Å². The molecule has 10 nitrogen and oxygen atoms in total. The van der Waals surface area contributed by atoms with Gasteiger partial charge in [0.25, 0.3) is 0 Å². The minimum atomic E-state index is -1.02. The fourth-order valence-electron chi connectivity index (χ4n) is 6.95. The van der Waals surface area contributed by atoms with Crippen LogP contribution in [0.2, 0.25) is 0 Å². The average Bonchev–Trinajstić information content (AvgIpc) is 3.24. The Morgan fingerprint density at radius 2 is 0.845 bits per heavy atom. The highest BCUT2D eigenvalue weighted by Gasteiger charge is 2.31. The number of ether oxygens (including phenoxy) is 6. The molecule has 2 atom stereocenters. The summed E-state index contributed by atoms with van der Waals surface area (Å²) in [6.07, 6.45) is 4.22. The van der Waals surface area contributed by atoms with Gasteiger partial charge in [0.15, 0.2) is 35.5 Å². The summed E-state index contributed by atoms with van der Waals surface area (Å²) >= 11 is 0. The summed E-state index contributed by atoms with van der Waals surface area (Å²) in [7, 11) is 3.22. The minimum absolute atomic E-state index is 0.348. The van der Waals surface area contributed by atoms with Crippen molar-refractivity contribution in [1.82, 2.24) is 9.80 Å². The van der Waals surface area contributed by atoms with Crippen molar-refractivity contribution in [3.63, 3.8) is 0 Å². The Labute approximate surface area is 346 Å². The standard InChI is InChI=1S/C48H64N2O8/c1-7-27-49(28-8-2)45(35-39-21-23-41(43(33-39)53-5)55-31-25-37-17-13-11-14-18-37)57-47(51)48(52)58-46(50(29-9-3)30-10-4)36-40-22-24-42(44(34-40)54-6)56-32-26-38-19-15-12-16-20-38/h11-24,33-34,45-46H,7-10,25-32,35-36H2,1-6H3. The van der Waals surface area contributed by atoms with Gasteiger partial charge in [-0.2, -0.15) is 0 Å². The average molecular weight is 797 g/mol. The first-order valence-corrected chi connectivity index (χ1v) is 20.9. The van der Waals surface area contributed by atoms with Gasteiger partial charge in [-0.1, -0.05) is 100 Å². The Morgan fingerprint density at radius 3 is 1.17 bits per heavy atom. The number of rotatable bonds is 26. The third-order valence-electron chi connectivity index (χ3n) is 9.77. The molecule has 10 heteroatoms. The van der Waals surface area contributed by atoms with E-state index in [1.165, 1.54) is 11.1 Å². The highest BCUT2D eigenvalue weighted by atomic mass is 16.6. The molecule has 4 aromatic carbocycles. The van der Waals surface area contributed by atoms with Gasteiger partial charge in [0.1, 0.15) is 0 Å². The topological polar surface area (TPSA) is 96.0 Å². The minimum Gasteiger partial charge on any atom is -0.493 e. The maximum atomic E-state index is 13.7. The van der Waals surface area contributed by atoms with Crippen LogP contribution in [0.25, 0.3) is 0 Å². The van der Waals surface area contributed by atoms with Crippen LogP contribution in [0, 0.1) is 0 Å². The summed E-state index contributed by atoms with van der Waals surface area (Å²) in [6, 6.07) is 31.8. The smallest absolute Gasteiger partial charge is 0.419 e. The van der Waals surface area contributed by atoms with E-state index in [0.29, 0.717) is 75.2 Å². The van der Waals surface area contributed by atoms with E-state index < -0.39 is 24.4 Å². The quantitative estimate of drug-likeness (QED) is 0.0349. The van der Waals surface area contributed by atoms with E-state index in [9.17, 15) is 9.59 Å². The SMILES string of the molecule is CCCN(CCC)C(Cc1ccc(OCCc2ccccc2)c(OC)c1)OC(=O)C(=O)OC(Cc1ccc(OCCc2ccccc2)c(OC)c1)N(CCC)CCC. The van der Waals surface area contributed by atoms with Crippen LogP contribution in [0.5, 0.6) is 23.0 Å². The highest BCUT2D eigenvalue weighted by molar-refractivity contribution is 6.29. The molecule has 0 saturated carbocycles. The second-order valence-electron chi connectivity index (χ2n) is 14.3. The van der Waals surface area contributed by atoms with Crippen LogP contribution in [-0.4, -0.2) is 87.8 Å². The van der Waals surface area contributed by atoms with E-state index in [0.717, 1.165) is 49.7 Å². The number of hydrogen-bond acceptors (Lipinski definition) is 10. The van der Waals surface area contributed by atoms with Gasteiger partial charge < -0.3 is 28.4 Å². The summed E-state index contributed by atoms with van der Waals surface area (Å²) < 4.78 is 35.7. The molecular weight excluding hydrogens is 733 g/mol. The van der Waals surface area contributed by atoms with Crippen molar-refractivity contribution >= 4 is 11.9 Å². The van der Waals surface area contributed by atoms with Gasteiger partial charge in [-0.3, -0.25) is 9.80 Å². The lowest BCUT2D eigenvalue weighted by Gasteiger charge is -2.32. The van der Waals surface area contributed by atoms with Crippen LogP contribution in [0.1, 0.15) is 75.6 Å².